The first-order valence-corrected chi connectivity index (χ1v) is 10.8. The van der Waals surface area contributed by atoms with Crippen LogP contribution in [0.3, 0.4) is 0 Å². The number of halogens is 1. The van der Waals surface area contributed by atoms with Crippen LogP contribution in [0, 0.1) is 13.8 Å². The van der Waals surface area contributed by atoms with Crippen LogP contribution in [0.4, 0.5) is 5.69 Å². The minimum Gasteiger partial charge on any atom is -0.451 e. The summed E-state index contributed by atoms with van der Waals surface area (Å²) in [5.74, 6) is -1.14. The average molecular weight is 464 g/mol. The fourth-order valence-corrected chi connectivity index (χ4v) is 3.38. The van der Waals surface area contributed by atoms with E-state index >= 15 is 0 Å². The van der Waals surface area contributed by atoms with Gasteiger partial charge in [-0.3, -0.25) is 4.79 Å². The lowest BCUT2D eigenvalue weighted by Gasteiger charge is -2.09. The van der Waals surface area contributed by atoms with E-state index in [0.717, 1.165) is 11.4 Å². The molecule has 0 aliphatic rings. The second kappa shape index (κ2) is 8.84. The van der Waals surface area contributed by atoms with Gasteiger partial charge < -0.3 is 10.1 Å². The van der Waals surface area contributed by atoms with Crippen molar-refractivity contribution in [1.29, 1.82) is 0 Å². The molecule has 0 aliphatic carbocycles. The van der Waals surface area contributed by atoms with Gasteiger partial charge >= 0.3 is 5.97 Å². The first-order chi connectivity index (χ1) is 14.5. The van der Waals surface area contributed by atoms with Crippen molar-refractivity contribution < 1.29 is 22.7 Å². The van der Waals surface area contributed by atoms with Crippen molar-refractivity contribution in [3.05, 3.63) is 64.6 Å². The normalized spacial score (nSPS) is 11.2. The van der Waals surface area contributed by atoms with Gasteiger partial charge in [0.15, 0.2) is 18.1 Å². The summed E-state index contributed by atoms with van der Waals surface area (Å²) in [6.45, 7) is 3.07. The number of ether oxygens (including phenoxy) is 1. The molecule has 0 radical (unpaired) electrons. The lowest BCUT2D eigenvalue weighted by molar-refractivity contribution is -0.119. The zero-order valence-electron chi connectivity index (χ0n) is 16.5. The minimum absolute atomic E-state index is 0.0641. The molecule has 0 saturated heterocycles. The predicted molar refractivity (Wildman–Crippen MR) is 113 cm³/mol. The molecule has 0 spiro atoms. The van der Waals surface area contributed by atoms with Crippen molar-refractivity contribution in [2.75, 3.05) is 11.9 Å². The fraction of sp³-hybridized carbons (Fsp3) is 0.158. The van der Waals surface area contributed by atoms with Crippen LogP contribution in [0.25, 0.3) is 5.82 Å². The number of hydrogen-bond acceptors (Lipinski definition) is 7. The number of nitrogens with one attached hydrogen (secondary N) is 1. The molecule has 3 N–H and O–H groups in total. The van der Waals surface area contributed by atoms with E-state index in [4.69, 9.17) is 21.5 Å². The number of carbonyl (C=O) groups is 2. The lowest BCUT2D eigenvalue weighted by atomic mass is 10.3. The largest absolute Gasteiger partial charge is 0.451 e. The standard InChI is InChI=1S/C19H18ClN5O5S/c1-11-9-12(2)25(24-11)16-8-7-15(20)18(23-16)19(27)30-10-17(26)22-13-3-5-14(6-4-13)31(21,28)29/h3-9H,10H2,1-2H3,(H,22,26)(H2,21,28,29). The van der Waals surface area contributed by atoms with Crippen LogP contribution in [0.5, 0.6) is 0 Å². The Labute approximate surface area is 183 Å². The summed E-state index contributed by atoms with van der Waals surface area (Å²) in [5.41, 5.74) is 1.75. The van der Waals surface area contributed by atoms with Crippen LogP contribution in [0.15, 0.2) is 47.4 Å². The molecule has 162 valence electrons. The Morgan fingerprint density at radius 3 is 2.42 bits per heavy atom. The number of aromatic nitrogens is 3. The minimum atomic E-state index is -3.84. The number of primary sulfonamides is 1. The maximum atomic E-state index is 12.4. The molecular formula is C19H18ClN5O5S. The van der Waals surface area contributed by atoms with Crippen molar-refractivity contribution in [3.8, 4) is 5.82 Å². The number of rotatable bonds is 6. The van der Waals surface area contributed by atoms with Gasteiger partial charge in [-0.15, -0.1) is 0 Å². The third kappa shape index (κ3) is 5.45. The maximum absolute atomic E-state index is 12.4. The van der Waals surface area contributed by atoms with Gasteiger partial charge in [0.1, 0.15) is 0 Å². The summed E-state index contributed by atoms with van der Waals surface area (Å²) in [4.78, 5) is 28.6. The zero-order chi connectivity index (χ0) is 22.8. The van der Waals surface area contributed by atoms with Gasteiger partial charge in [-0.2, -0.15) is 5.10 Å². The molecule has 0 aliphatic heterocycles. The highest BCUT2D eigenvalue weighted by Gasteiger charge is 2.18. The molecule has 0 saturated carbocycles. The number of sulfonamides is 1. The molecule has 0 fully saturated rings. The molecule has 2 heterocycles. The molecule has 1 amide bonds. The predicted octanol–water partition coefficient (Wildman–Crippen LogP) is 1.98. The number of hydrogen-bond donors (Lipinski definition) is 2. The van der Waals surface area contributed by atoms with Gasteiger partial charge in [0.05, 0.1) is 15.6 Å². The van der Waals surface area contributed by atoms with Crippen molar-refractivity contribution in [3.63, 3.8) is 0 Å². The molecule has 10 nitrogen and oxygen atoms in total. The summed E-state index contributed by atoms with van der Waals surface area (Å²) in [5, 5.41) is 11.9. The monoisotopic (exact) mass is 463 g/mol. The van der Waals surface area contributed by atoms with E-state index in [9.17, 15) is 18.0 Å². The molecule has 3 aromatic rings. The van der Waals surface area contributed by atoms with E-state index in [1.165, 1.54) is 30.3 Å². The first kappa shape index (κ1) is 22.4. The Morgan fingerprint density at radius 1 is 1.16 bits per heavy atom. The van der Waals surface area contributed by atoms with Crippen LogP contribution >= 0.6 is 11.6 Å². The average Bonchev–Trinajstić information content (AvgIpc) is 3.04. The number of nitrogens with two attached hydrogens (primary N) is 1. The maximum Gasteiger partial charge on any atom is 0.359 e. The summed E-state index contributed by atoms with van der Waals surface area (Å²) in [6, 6.07) is 10.1. The Balaban J connectivity index is 1.66. The number of amides is 1. The number of benzene rings is 1. The molecule has 31 heavy (non-hydrogen) atoms. The molecule has 12 heteroatoms. The Kier molecular flexibility index (Phi) is 6.39. The second-order valence-electron chi connectivity index (χ2n) is 6.53. The van der Waals surface area contributed by atoms with Crippen molar-refractivity contribution >= 4 is 39.2 Å². The first-order valence-electron chi connectivity index (χ1n) is 8.84. The van der Waals surface area contributed by atoms with Crippen LogP contribution in [-0.4, -0.2) is 41.7 Å². The van der Waals surface area contributed by atoms with E-state index < -0.39 is 28.5 Å². The molecule has 3 rings (SSSR count). The molecule has 0 atom stereocenters. The molecule has 0 unspecified atom stereocenters. The van der Waals surface area contributed by atoms with Gasteiger partial charge in [-0.25, -0.2) is 28.0 Å². The van der Waals surface area contributed by atoms with Crippen LogP contribution < -0.4 is 10.5 Å². The van der Waals surface area contributed by atoms with Crippen LogP contribution in [-0.2, 0) is 19.6 Å². The second-order valence-corrected chi connectivity index (χ2v) is 8.50. The van der Waals surface area contributed by atoms with Gasteiger partial charge in [0.2, 0.25) is 10.0 Å². The Bertz CT molecular complexity index is 1260. The fourth-order valence-electron chi connectivity index (χ4n) is 2.68. The van der Waals surface area contributed by atoms with E-state index in [1.54, 1.807) is 10.7 Å². The van der Waals surface area contributed by atoms with Crippen molar-refractivity contribution in [2.45, 2.75) is 18.7 Å². The summed E-state index contributed by atoms with van der Waals surface area (Å²) < 4.78 is 29.1. The molecule has 0 bridgehead atoms. The topological polar surface area (TPSA) is 146 Å². The third-order valence-electron chi connectivity index (χ3n) is 4.05. The van der Waals surface area contributed by atoms with Crippen molar-refractivity contribution in [1.82, 2.24) is 14.8 Å². The van der Waals surface area contributed by atoms with E-state index in [-0.39, 0.29) is 15.6 Å². The Hall–Kier alpha value is -3.28. The third-order valence-corrected chi connectivity index (χ3v) is 5.29. The summed E-state index contributed by atoms with van der Waals surface area (Å²) >= 11 is 6.07. The van der Waals surface area contributed by atoms with E-state index in [2.05, 4.69) is 15.4 Å². The lowest BCUT2D eigenvalue weighted by Crippen LogP contribution is -2.22. The number of pyridine rings is 1. The smallest absolute Gasteiger partial charge is 0.359 e. The summed E-state index contributed by atoms with van der Waals surface area (Å²) in [6.07, 6.45) is 0. The van der Waals surface area contributed by atoms with E-state index in [1.807, 2.05) is 19.9 Å². The van der Waals surface area contributed by atoms with Crippen molar-refractivity contribution in [2.24, 2.45) is 5.14 Å². The number of aryl methyl sites for hydroxylation is 2. The quantitative estimate of drug-likeness (QED) is 0.531. The van der Waals surface area contributed by atoms with Crippen LogP contribution in [0.2, 0.25) is 5.02 Å². The highest BCUT2D eigenvalue weighted by atomic mass is 35.5. The number of esters is 1. The van der Waals surface area contributed by atoms with Crippen LogP contribution in [0.1, 0.15) is 21.9 Å². The highest BCUT2D eigenvalue weighted by Crippen LogP contribution is 2.19. The van der Waals surface area contributed by atoms with E-state index in [0.29, 0.717) is 11.5 Å². The van der Waals surface area contributed by atoms with Gasteiger partial charge in [-0.05, 0) is 56.3 Å². The highest BCUT2D eigenvalue weighted by molar-refractivity contribution is 7.89. The zero-order valence-corrected chi connectivity index (χ0v) is 18.1. The Morgan fingerprint density at radius 2 is 1.84 bits per heavy atom. The van der Waals surface area contributed by atoms with Gasteiger partial charge in [-0.1, -0.05) is 11.6 Å². The molecule has 2 aromatic heterocycles. The SMILES string of the molecule is Cc1cc(C)n(-c2ccc(Cl)c(C(=O)OCC(=O)Nc3ccc(S(N)(=O)=O)cc3)n2)n1. The summed E-state index contributed by atoms with van der Waals surface area (Å²) in [7, 11) is -3.84. The molecule has 1 aromatic carbocycles. The number of nitrogens with zero attached hydrogens (tertiary/aromatic N) is 3. The van der Waals surface area contributed by atoms with Gasteiger partial charge in [0, 0.05) is 11.4 Å². The number of carbonyl (C=O) groups excluding carboxylic acids is 2. The molecular weight excluding hydrogens is 446 g/mol. The van der Waals surface area contributed by atoms with Gasteiger partial charge in [0.25, 0.3) is 5.91 Å². The number of anilines is 1.